The van der Waals surface area contributed by atoms with Gasteiger partial charge >= 0.3 is 12.0 Å². The molecule has 3 amide bonds. The molecule has 1 heterocycles. The molecule has 0 saturated carbocycles. The van der Waals surface area contributed by atoms with Crippen LogP contribution in [0.3, 0.4) is 0 Å². The number of carboxylic acid groups (broad SMARTS) is 1. The molecule has 3 N–H and O–H groups in total. The molecule has 1 aliphatic heterocycles. The zero-order valence-corrected chi connectivity index (χ0v) is 15.8. The van der Waals surface area contributed by atoms with Crippen molar-refractivity contribution in [1.82, 2.24) is 5.32 Å². The van der Waals surface area contributed by atoms with Crippen molar-refractivity contribution < 1.29 is 29.0 Å². The molecule has 1 fully saturated rings. The van der Waals surface area contributed by atoms with Crippen molar-refractivity contribution in [1.29, 1.82) is 0 Å². The van der Waals surface area contributed by atoms with Gasteiger partial charge in [-0.05, 0) is 43.3 Å². The Bertz CT molecular complexity index is 930. The van der Waals surface area contributed by atoms with E-state index in [0.29, 0.717) is 36.6 Å². The third kappa shape index (κ3) is 4.95. The Hall–Kier alpha value is -3.75. The summed E-state index contributed by atoms with van der Waals surface area (Å²) < 4.78 is 10.6. The highest BCUT2D eigenvalue weighted by Crippen LogP contribution is 2.29. The standard InChI is InChI=1S/C20H21N3O6/c1-2-28-17-10-13(6-7-16(17)29-12-18(24)25)19(26)22-14-4-3-5-15(11-14)23-9-8-21-20(23)27/h3-7,10-11H,2,8-9,12H2,1H3,(H,21,27)(H,22,26)(H,24,25). The van der Waals surface area contributed by atoms with Gasteiger partial charge in [0.2, 0.25) is 0 Å². The molecule has 0 atom stereocenters. The van der Waals surface area contributed by atoms with Crippen LogP contribution in [0.4, 0.5) is 16.2 Å². The number of aliphatic carboxylic acids is 1. The molecule has 152 valence electrons. The number of nitrogens with zero attached hydrogens (tertiary/aromatic N) is 1. The lowest BCUT2D eigenvalue weighted by Gasteiger charge is -2.16. The maximum absolute atomic E-state index is 12.7. The van der Waals surface area contributed by atoms with Gasteiger partial charge in [-0.2, -0.15) is 0 Å². The van der Waals surface area contributed by atoms with Crippen molar-refractivity contribution >= 4 is 29.3 Å². The van der Waals surface area contributed by atoms with Gasteiger partial charge in [0.25, 0.3) is 5.91 Å². The molecule has 2 aromatic carbocycles. The molecular weight excluding hydrogens is 378 g/mol. The summed E-state index contributed by atoms with van der Waals surface area (Å²) in [6, 6.07) is 11.3. The van der Waals surface area contributed by atoms with E-state index in [4.69, 9.17) is 14.6 Å². The van der Waals surface area contributed by atoms with Gasteiger partial charge < -0.3 is 25.2 Å². The van der Waals surface area contributed by atoms with Crippen molar-refractivity contribution in [3.8, 4) is 11.5 Å². The Balaban J connectivity index is 1.75. The molecular formula is C20H21N3O6. The minimum atomic E-state index is -1.11. The van der Waals surface area contributed by atoms with E-state index >= 15 is 0 Å². The van der Waals surface area contributed by atoms with Crippen molar-refractivity contribution in [2.24, 2.45) is 0 Å². The Morgan fingerprint density at radius 2 is 2.00 bits per heavy atom. The maximum atomic E-state index is 12.7. The smallest absolute Gasteiger partial charge is 0.341 e. The average molecular weight is 399 g/mol. The third-order valence-electron chi connectivity index (χ3n) is 4.13. The van der Waals surface area contributed by atoms with Crippen LogP contribution in [-0.2, 0) is 4.79 Å². The lowest BCUT2D eigenvalue weighted by atomic mass is 10.1. The highest BCUT2D eigenvalue weighted by atomic mass is 16.5. The van der Waals surface area contributed by atoms with E-state index in [1.807, 2.05) is 0 Å². The lowest BCUT2D eigenvalue weighted by Crippen LogP contribution is -2.27. The predicted octanol–water partition coefficient (Wildman–Crippen LogP) is 2.33. The van der Waals surface area contributed by atoms with Gasteiger partial charge in [-0.25, -0.2) is 9.59 Å². The summed E-state index contributed by atoms with van der Waals surface area (Å²) in [4.78, 5) is 36.8. The van der Waals surface area contributed by atoms with Crippen LogP contribution in [0.1, 0.15) is 17.3 Å². The van der Waals surface area contributed by atoms with Crippen LogP contribution < -0.4 is 25.0 Å². The third-order valence-corrected chi connectivity index (χ3v) is 4.13. The number of hydrogen-bond donors (Lipinski definition) is 3. The Kier molecular flexibility index (Phi) is 6.18. The predicted molar refractivity (Wildman–Crippen MR) is 106 cm³/mol. The average Bonchev–Trinajstić information content (AvgIpc) is 3.13. The number of ether oxygens (including phenoxy) is 2. The van der Waals surface area contributed by atoms with E-state index < -0.39 is 12.6 Å². The molecule has 9 heteroatoms. The van der Waals surface area contributed by atoms with Gasteiger partial charge in [0.1, 0.15) is 0 Å². The molecule has 2 aromatic rings. The number of nitrogens with one attached hydrogen (secondary N) is 2. The van der Waals surface area contributed by atoms with Crippen LogP contribution in [0.2, 0.25) is 0 Å². The lowest BCUT2D eigenvalue weighted by molar-refractivity contribution is -0.139. The first-order valence-corrected chi connectivity index (χ1v) is 9.06. The van der Waals surface area contributed by atoms with E-state index in [1.54, 1.807) is 36.1 Å². The zero-order valence-electron chi connectivity index (χ0n) is 15.8. The molecule has 1 aliphatic rings. The molecule has 0 spiro atoms. The number of benzene rings is 2. The summed E-state index contributed by atoms with van der Waals surface area (Å²) in [5.74, 6) is -0.962. The number of carboxylic acids is 1. The topological polar surface area (TPSA) is 117 Å². The molecule has 0 aromatic heterocycles. The second kappa shape index (κ2) is 8.96. The number of rotatable bonds is 8. The van der Waals surface area contributed by atoms with Crippen LogP contribution >= 0.6 is 0 Å². The highest BCUT2D eigenvalue weighted by molar-refractivity contribution is 6.05. The van der Waals surface area contributed by atoms with Gasteiger partial charge in [0, 0.05) is 30.0 Å². The van der Waals surface area contributed by atoms with Crippen LogP contribution in [-0.4, -0.2) is 49.3 Å². The molecule has 29 heavy (non-hydrogen) atoms. The molecule has 0 bridgehead atoms. The molecule has 0 unspecified atom stereocenters. The van der Waals surface area contributed by atoms with Gasteiger partial charge in [-0.3, -0.25) is 9.69 Å². The van der Waals surface area contributed by atoms with Crippen molar-refractivity contribution in [3.63, 3.8) is 0 Å². The molecule has 1 saturated heterocycles. The number of carbonyl (C=O) groups is 3. The van der Waals surface area contributed by atoms with E-state index in [1.165, 1.54) is 18.2 Å². The van der Waals surface area contributed by atoms with Gasteiger partial charge in [-0.1, -0.05) is 6.07 Å². The molecule has 3 rings (SSSR count). The second-order valence-electron chi connectivity index (χ2n) is 6.16. The number of amides is 3. The fourth-order valence-corrected chi connectivity index (χ4v) is 2.85. The summed E-state index contributed by atoms with van der Waals surface area (Å²) >= 11 is 0. The highest BCUT2D eigenvalue weighted by Gasteiger charge is 2.21. The minimum Gasteiger partial charge on any atom is -0.490 e. The van der Waals surface area contributed by atoms with Crippen LogP contribution in [0.25, 0.3) is 0 Å². The number of carbonyl (C=O) groups excluding carboxylic acids is 2. The Morgan fingerprint density at radius 3 is 2.69 bits per heavy atom. The van der Waals surface area contributed by atoms with Gasteiger partial charge in [-0.15, -0.1) is 0 Å². The van der Waals surface area contributed by atoms with Crippen LogP contribution in [0.15, 0.2) is 42.5 Å². The fraction of sp³-hybridized carbons (Fsp3) is 0.250. The normalized spacial score (nSPS) is 13.0. The van der Waals surface area contributed by atoms with E-state index in [2.05, 4.69) is 10.6 Å². The Morgan fingerprint density at radius 1 is 1.17 bits per heavy atom. The summed E-state index contributed by atoms with van der Waals surface area (Å²) in [5, 5.41) is 14.3. The SMILES string of the molecule is CCOc1cc(C(=O)Nc2cccc(N3CCNC3=O)c2)ccc1OCC(=O)O. The largest absolute Gasteiger partial charge is 0.490 e. The molecule has 0 radical (unpaired) electrons. The van der Waals surface area contributed by atoms with Gasteiger partial charge in [0.15, 0.2) is 18.1 Å². The number of urea groups is 1. The van der Waals surface area contributed by atoms with Crippen molar-refractivity contribution in [3.05, 3.63) is 48.0 Å². The zero-order chi connectivity index (χ0) is 20.8. The quantitative estimate of drug-likeness (QED) is 0.627. The molecule has 9 nitrogen and oxygen atoms in total. The van der Waals surface area contributed by atoms with E-state index in [0.717, 1.165) is 0 Å². The maximum Gasteiger partial charge on any atom is 0.341 e. The van der Waals surface area contributed by atoms with Crippen molar-refractivity contribution in [2.75, 3.05) is 36.5 Å². The second-order valence-corrected chi connectivity index (χ2v) is 6.16. The summed E-state index contributed by atoms with van der Waals surface area (Å²) in [5.41, 5.74) is 1.54. The summed E-state index contributed by atoms with van der Waals surface area (Å²) in [6.45, 7) is 2.72. The van der Waals surface area contributed by atoms with Crippen LogP contribution in [0, 0.1) is 0 Å². The van der Waals surface area contributed by atoms with Crippen LogP contribution in [0.5, 0.6) is 11.5 Å². The first-order valence-electron chi connectivity index (χ1n) is 9.06. The first-order chi connectivity index (χ1) is 14.0. The van der Waals surface area contributed by atoms with Gasteiger partial charge in [0.05, 0.1) is 6.61 Å². The minimum absolute atomic E-state index is 0.174. The summed E-state index contributed by atoms with van der Waals surface area (Å²) in [6.07, 6.45) is 0. The van der Waals surface area contributed by atoms with E-state index in [9.17, 15) is 14.4 Å². The number of anilines is 2. The first kappa shape index (κ1) is 20.0. The van der Waals surface area contributed by atoms with Crippen molar-refractivity contribution in [2.45, 2.75) is 6.92 Å². The Labute approximate surface area is 167 Å². The number of hydrogen-bond acceptors (Lipinski definition) is 5. The monoisotopic (exact) mass is 399 g/mol. The van der Waals surface area contributed by atoms with E-state index in [-0.39, 0.29) is 23.4 Å². The fourth-order valence-electron chi connectivity index (χ4n) is 2.85. The summed E-state index contributed by atoms with van der Waals surface area (Å²) in [7, 11) is 0. The molecule has 0 aliphatic carbocycles.